The molecule has 5 heteroatoms. The number of Topliss-reactive ketones (excluding diaryl/α,β-unsaturated/α-hetero) is 1. The molecular formula is C20H16N2O3. The van der Waals surface area contributed by atoms with Crippen LogP contribution in [-0.4, -0.2) is 30.4 Å². The van der Waals surface area contributed by atoms with Crippen LogP contribution in [0, 0.1) is 0 Å². The molecule has 0 bridgehead atoms. The Bertz CT molecular complexity index is 983. The van der Waals surface area contributed by atoms with Crippen molar-refractivity contribution in [3.63, 3.8) is 0 Å². The van der Waals surface area contributed by atoms with Gasteiger partial charge in [0, 0.05) is 24.0 Å². The number of aromatic nitrogens is 1. The van der Waals surface area contributed by atoms with Crippen molar-refractivity contribution < 1.29 is 14.3 Å². The molecule has 1 aromatic heterocycles. The van der Waals surface area contributed by atoms with Gasteiger partial charge in [-0.1, -0.05) is 36.4 Å². The molecule has 0 saturated heterocycles. The second-order valence-electron chi connectivity index (χ2n) is 5.97. The van der Waals surface area contributed by atoms with Crippen LogP contribution in [0.25, 0.3) is 10.8 Å². The van der Waals surface area contributed by atoms with Crippen LogP contribution in [0.3, 0.4) is 0 Å². The SMILES string of the molecule is COC(=O)C(=O)C1CN(c2ccc3ccccc3c2)c2ncccc21. The van der Waals surface area contributed by atoms with E-state index >= 15 is 0 Å². The van der Waals surface area contributed by atoms with Crippen LogP contribution in [0.15, 0.2) is 60.8 Å². The van der Waals surface area contributed by atoms with Crippen molar-refractivity contribution in [1.29, 1.82) is 0 Å². The lowest BCUT2D eigenvalue weighted by atomic mass is 9.98. The largest absolute Gasteiger partial charge is 0.463 e. The molecule has 0 spiro atoms. The van der Waals surface area contributed by atoms with Crippen LogP contribution in [0.5, 0.6) is 0 Å². The molecule has 0 amide bonds. The molecule has 0 saturated carbocycles. The molecule has 4 rings (SSSR count). The number of methoxy groups -OCH3 is 1. The quantitative estimate of drug-likeness (QED) is 0.544. The average Bonchev–Trinajstić information content (AvgIpc) is 3.06. The summed E-state index contributed by atoms with van der Waals surface area (Å²) >= 11 is 0. The van der Waals surface area contributed by atoms with E-state index in [0.29, 0.717) is 12.4 Å². The van der Waals surface area contributed by atoms with Crippen LogP contribution in [0.2, 0.25) is 0 Å². The van der Waals surface area contributed by atoms with E-state index in [1.54, 1.807) is 12.3 Å². The van der Waals surface area contributed by atoms with Crippen molar-refractivity contribution in [1.82, 2.24) is 4.98 Å². The van der Waals surface area contributed by atoms with Crippen LogP contribution in [-0.2, 0) is 14.3 Å². The number of ketones is 1. The normalized spacial score (nSPS) is 15.9. The summed E-state index contributed by atoms with van der Waals surface area (Å²) in [6.07, 6.45) is 1.69. The second-order valence-corrected chi connectivity index (χ2v) is 5.97. The van der Waals surface area contributed by atoms with E-state index in [1.165, 1.54) is 7.11 Å². The maximum Gasteiger partial charge on any atom is 0.375 e. The first-order valence-corrected chi connectivity index (χ1v) is 8.02. The number of pyridine rings is 1. The molecule has 25 heavy (non-hydrogen) atoms. The van der Waals surface area contributed by atoms with Crippen molar-refractivity contribution >= 4 is 34.0 Å². The van der Waals surface area contributed by atoms with Crippen molar-refractivity contribution in [2.24, 2.45) is 0 Å². The van der Waals surface area contributed by atoms with Crippen LogP contribution < -0.4 is 4.90 Å². The predicted molar refractivity (Wildman–Crippen MR) is 95.0 cm³/mol. The summed E-state index contributed by atoms with van der Waals surface area (Å²) in [6.45, 7) is 0.374. The van der Waals surface area contributed by atoms with Crippen LogP contribution >= 0.6 is 0 Å². The van der Waals surface area contributed by atoms with Gasteiger partial charge in [0.2, 0.25) is 5.78 Å². The maximum absolute atomic E-state index is 12.4. The molecule has 0 aliphatic carbocycles. The lowest BCUT2D eigenvalue weighted by molar-refractivity contribution is -0.152. The van der Waals surface area contributed by atoms with Gasteiger partial charge in [-0.15, -0.1) is 0 Å². The van der Waals surface area contributed by atoms with E-state index in [9.17, 15) is 9.59 Å². The van der Waals surface area contributed by atoms with Crippen LogP contribution in [0.1, 0.15) is 11.5 Å². The minimum Gasteiger partial charge on any atom is -0.463 e. The number of carbonyl (C=O) groups is 2. The molecule has 0 N–H and O–H groups in total. The zero-order chi connectivity index (χ0) is 17.4. The van der Waals surface area contributed by atoms with E-state index in [1.807, 2.05) is 41.3 Å². The molecule has 1 aliphatic rings. The summed E-state index contributed by atoms with van der Waals surface area (Å²) in [5, 5.41) is 2.26. The first-order valence-electron chi connectivity index (χ1n) is 8.02. The molecule has 1 unspecified atom stereocenters. The Labute approximate surface area is 144 Å². The summed E-state index contributed by atoms with van der Waals surface area (Å²) in [6, 6.07) is 17.8. The molecule has 1 aliphatic heterocycles. The lowest BCUT2D eigenvalue weighted by Crippen LogP contribution is -2.27. The van der Waals surface area contributed by atoms with Crippen molar-refractivity contribution in [3.05, 3.63) is 66.4 Å². The van der Waals surface area contributed by atoms with Gasteiger partial charge in [-0.2, -0.15) is 0 Å². The fraction of sp³-hybridized carbons (Fsp3) is 0.150. The van der Waals surface area contributed by atoms with E-state index in [2.05, 4.69) is 21.9 Å². The highest BCUT2D eigenvalue weighted by Gasteiger charge is 2.38. The van der Waals surface area contributed by atoms with E-state index in [4.69, 9.17) is 0 Å². The summed E-state index contributed by atoms with van der Waals surface area (Å²) < 4.78 is 4.61. The van der Waals surface area contributed by atoms with Gasteiger partial charge >= 0.3 is 5.97 Å². The van der Waals surface area contributed by atoms with Gasteiger partial charge in [0.25, 0.3) is 0 Å². The third-order valence-electron chi connectivity index (χ3n) is 4.56. The molecule has 0 radical (unpaired) electrons. The van der Waals surface area contributed by atoms with Gasteiger partial charge in [0.05, 0.1) is 13.0 Å². The number of hydrogen-bond donors (Lipinski definition) is 0. The Morgan fingerprint density at radius 3 is 2.68 bits per heavy atom. The first-order chi connectivity index (χ1) is 12.2. The molecule has 2 aromatic carbocycles. The van der Waals surface area contributed by atoms with Gasteiger partial charge in [0.15, 0.2) is 0 Å². The fourth-order valence-electron chi connectivity index (χ4n) is 3.31. The number of benzene rings is 2. The third-order valence-corrected chi connectivity index (χ3v) is 4.56. The summed E-state index contributed by atoms with van der Waals surface area (Å²) in [5.41, 5.74) is 1.70. The molecule has 2 heterocycles. The molecule has 124 valence electrons. The van der Waals surface area contributed by atoms with Crippen molar-refractivity contribution in [2.75, 3.05) is 18.6 Å². The molecule has 0 fully saturated rings. The summed E-state index contributed by atoms with van der Waals surface area (Å²) in [7, 11) is 1.22. The minimum atomic E-state index is -0.819. The number of nitrogens with zero attached hydrogens (tertiary/aromatic N) is 2. The van der Waals surface area contributed by atoms with E-state index < -0.39 is 17.7 Å². The monoisotopic (exact) mass is 332 g/mol. The molecule has 1 atom stereocenters. The Balaban J connectivity index is 1.77. The maximum atomic E-state index is 12.4. The Morgan fingerprint density at radius 1 is 1.08 bits per heavy atom. The number of fused-ring (bicyclic) bond motifs is 2. The summed E-state index contributed by atoms with van der Waals surface area (Å²) in [4.78, 5) is 30.5. The standard InChI is InChI=1S/C20H16N2O3/c1-25-20(24)18(23)17-12-22(19-16(17)7-4-10-21-19)15-9-8-13-5-2-3-6-14(13)11-15/h2-11,17H,12H2,1H3. The number of carbonyl (C=O) groups excluding carboxylic acids is 2. The van der Waals surface area contributed by atoms with Gasteiger partial charge in [-0.3, -0.25) is 4.79 Å². The zero-order valence-electron chi connectivity index (χ0n) is 13.7. The van der Waals surface area contributed by atoms with Gasteiger partial charge in [-0.05, 0) is 29.0 Å². The Morgan fingerprint density at radius 2 is 1.88 bits per heavy atom. The minimum absolute atomic E-state index is 0.374. The zero-order valence-corrected chi connectivity index (χ0v) is 13.7. The van der Waals surface area contributed by atoms with Crippen molar-refractivity contribution in [2.45, 2.75) is 5.92 Å². The van der Waals surface area contributed by atoms with Crippen LogP contribution in [0.4, 0.5) is 11.5 Å². The van der Waals surface area contributed by atoms with Gasteiger partial charge in [0.1, 0.15) is 5.82 Å². The van der Waals surface area contributed by atoms with Crippen molar-refractivity contribution in [3.8, 4) is 0 Å². The number of hydrogen-bond acceptors (Lipinski definition) is 5. The highest BCUT2D eigenvalue weighted by molar-refractivity contribution is 6.36. The number of esters is 1. The fourth-order valence-corrected chi connectivity index (χ4v) is 3.31. The van der Waals surface area contributed by atoms with E-state index in [-0.39, 0.29) is 0 Å². The third kappa shape index (κ3) is 2.54. The van der Waals surface area contributed by atoms with Gasteiger partial charge < -0.3 is 9.64 Å². The Kier molecular flexibility index (Phi) is 3.69. The Hall–Kier alpha value is -3.21. The lowest BCUT2D eigenvalue weighted by Gasteiger charge is -2.19. The van der Waals surface area contributed by atoms with E-state index in [0.717, 1.165) is 22.0 Å². The molecule has 5 nitrogen and oxygen atoms in total. The topological polar surface area (TPSA) is 59.5 Å². The molecule has 3 aromatic rings. The number of rotatable bonds is 3. The smallest absolute Gasteiger partial charge is 0.375 e. The average molecular weight is 332 g/mol. The first kappa shape index (κ1) is 15.3. The van der Waals surface area contributed by atoms with Gasteiger partial charge in [-0.25, -0.2) is 9.78 Å². The number of anilines is 2. The molecular weight excluding hydrogens is 316 g/mol. The highest BCUT2D eigenvalue weighted by atomic mass is 16.5. The second kappa shape index (κ2) is 6.02. The number of ether oxygens (including phenoxy) is 1. The predicted octanol–water partition coefficient (Wildman–Crippen LogP) is 3.21. The summed E-state index contributed by atoms with van der Waals surface area (Å²) in [5.74, 6) is -1.22. The highest BCUT2D eigenvalue weighted by Crippen LogP contribution is 2.40.